The molecule has 2 aliphatic rings. The van der Waals surface area contributed by atoms with Gasteiger partial charge < -0.3 is 5.11 Å². The number of rotatable bonds is 3. The van der Waals surface area contributed by atoms with Crippen molar-refractivity contribution in [1.29, 1.82) is 0 Å². The van der Waals surface area contributed by atoms with Crippen LogP contribution in [-0.4, -0.2) is 11.7 Å². The normalized spacial score (nSPS) is 34.2. The molecule has 0 radical (unpaired) electrons. The summed E-state index contributed by atoms with van der Waals surface area (Å²) in [6, 6.07) is 4.33. The maximum absolute atomic E-state index is 13.7. The molecule has 3 atom stereocenters. The minimum absolute atomic E-state index is 0.0874. The summed E-state index contributed by atoms with van der Waals surface area (Å²) < 4.78 is 27.0. The van der Waals surface area contributed by atoms with Crippen LogP contribution in [0.1, 0.15) is 31.2 Å². The van der Waals surface area contributed by atoms with Crippen molar-refractivity contribution in [3.05, 3.63) is 35.4 Å². The molecule has 3 unspecified atom stereocenters. The molecule has 98 valence electrons. The Kier molecular flexibility index (Phi) is 2.89. The Hall–Kier alpha value is -0.960. The fourth-order valence-electron chi connectivity index (χ4n) is 4.09. The van der Waals surface area contributed by atoms with Crippen LogP contribution >= 0.6 is 0 Å². The van der Waals surface area contributed by atoms with Gasteiger partial charge in [-0.2, -0.15) is 0 Å². The van der Waals surface area contributed by atoms with Crippen LogP contribution in [0.25, 0.3) is 0 Å². The van der Waals surface area contributed by atoms with Gasteiger partial charge in [0.1, 0.15) is 0 Å². The Morgan fingerprint density at radius 2 is 2.11 bits per heavy atom. The van der Waals surface area contributed by atoms with Gasteiger partial charge in [-0.05, 0) is 49.1 Å². The zero-order chi connectivity index (χ0) is 12.8. The van der Waals surface area contributed by atoms with E-state index in [-0.39, 0.29) is 12.0 Å². The number of benzene rings is 1. The highest BCUT2D eigenvalue weighted by Gasteiger charge is 2.50. The number of aliphatic hydroxyl groups excluding tert-OH is 1. The van der Waals surface area contributed by atoms with Gasteiger partial charge in [0, 0.05) is 12.0 Å². The average molecular weight is 252 g/mol. The van der Waals surface area contributed by atoms with Crippen LogP contribution in [0, 0.1) is 28.9 Å². The van der Waals surface area contributed by atoms with E-state index in [9.17, 15) is 13.9 Å². The Morgan fingerprint density at radius 3 is 2.72 bits per heavy atom. The molecule has 1 aromatic rings. The van der Waals surface area contributed by atoms with Crippen LogP contribution in [0.15, 0.2) is 18.2 Å². The summed E-state index contributed by atoms with van der Waals surface area (Å²) in [5.41, 5.74) is 0.203. The molecule has 0 aromatic heterocycles. The van der Waals surface area contributed by atoms with Crippen molar-refractivity contribution in [3.63, 3.8) is 0 Å². The first-order chi connectivity index (χ1) is 8.64. The van der Waals surface area contributed by atoms with Crippen LogP contribution in [0.5, 0.6) is 0 Å². The van der Waals surface area contributed by atoms with Crippen molar-refractivity contribution in [2.45, 2.75) is 32.1 Å². The third-order valence-electron chi connectivity index (χ3n) is 4.99. The molecule has 3 rings (SSSR count). The van der Waals surface area contributed by atoms with Crippen molar-refractivity contribution < 1.29 is 13.9 Å². The summed E-state index contributed by atoms with van der Waals surface area (Å²) in [6.45, 7) is 0.0874. The molecule has 0 spiro atoms. The lowest BCUT2D eigenvalue weighted by atomic mass is 9.70. The number of hydrogen-bond acceptors (Lipinski definition) is 1. The van der Waals surface area contributed by atoms with Crippen LogP contribution in [0.3, 0.4) is 0 Å². The molecular weight excluding hydrogens is 234 g/mol. The zero-order valence-corrected chi connectivity index (χ0v) is 10.3. The van der Waals surface area contributed by atoms with Crippen LogP contribution in [-0.2, 0) is 6.42 Å². The van der Waals surface area contributed by atoms with Crippen molar-refractivity contribution in [1.82, 2.24) is 0 Å². The number of hydrogen-bond donors (Lipinski definition) is 1. The van der Waals surface area contributed by atoms with Gasteiger partial charge in [0.25, 0.3) is 0 Å². The van der Waals surface area contributed by atoms with E-state index in [4.69, 9.17) is 0 Å². The van der Waals surface area contributed by atoms with Gasteiger partial charge in [0.15, 0.2) is 11.6 Å². The molecule has 1 nitrogen and oxygen atoms in total. The highest BCUT2D eigenvalue weighted by atomic mass is 19.2. The lowest BCUT2D eigenvalue weighted by molar-refractivity contribution is 0.0642. The third-order valence-corrected chi connectivity index (χ3v) is 4.99. The van der Waals surface area contributed by atoms with Gasteiger partial charge in [0.05, 0.1) is 0 Å². The largest absolute Gasteiger partial charge is 0.396 e. The maximum atomic E-state index is 13.7. The second kappa shape index (κ2) is 4.30. The lowest BCUT2D eigenvalue weighted by Crippen LogP contribution is -2.34. The molecule has 18 heavy (non-hydrogen) atoms. The molecule has 2 fully saturated rings. The summed E-state index contributed by atoms with van der Waals surface area (Å²) >= 11 is 0. The summed E-state index contributed by atoms with van der Waals surface area (Å²) in [6.07, 6.45) is 4.94. The summed E-state index contributed by atoms with van der Waals surface area (Å²) in [7, 11) is 0. The molecule has 0 heterocycles. The fraction of sp³-hybridized carbons (Fsp3) is 0.600. The molecule has 2 saturated carbocycles. The van der Waals surface area contributed by atoms with Crippen LogP contribution in [0.2, 0.25) is 0 Å². The Bertz CT molecular complexity index is 460. The van der Waals surface area contributed by atoms with E-state index in [1.807, 2.05) is 0 Å². The van der Waals surface area contributed by atoms with E-state index in [0.717, 1.165) is 25.3 Å². The van der Waals surface area contributed by atoms with E-state index < -0.39 is 11.6 Å². The molecule has 0 saturated heterocycles. The zero-order valence-electron chi connectivity index (χ0n) is 10.3. The Morgan fingerprint density at radius 1 is 1.28 bits per heavy atom. The first kappa shape index (κ1) is 12.1. The summed E-state index contributed by atoms with van der Waals surface area (Å²) in [5.74, 6) is -0.370. The summed E-state index contributed by atoms with van der Waals surface area (Å²) in [4.78, 5) is 0. The Labute approximate surface area is 106 Å². The SMILES string of the molecule is OCC1(Cc2cccc(F)c2F)CC2CCC1C2. The number of fused-ring (bicyclic) bond motifs is 2. The predicted molar refractivity (Wildman–Crippen MR) is 65.0 cm³/mol. The van der Waals surface area contributed by atoms with Gasteiger partial charge in [-0.15, -0.1) is 0 Å². The van der Waals surface area contributed by atoms with E-state index in [0.29, 0.717) is 23.8 Å². The van der Waals surface area contributed by atoms with Crippen LogP contribution in [0.4, 0.5) is 8.78 Å². The Balaban J connectivity index is 1.88. The molecular formula is C15H18F2O. The second-order valence-corrected chi connectivity index (χ2v) is 5.99. The van der Waals surface area contributed by atoms with Crippen molar-refractivity contribution >= 4 is 0 Å². The molecule has 0 aliphatic heterocycles. The maximum Gasteiger partial charge on any atom is 0.162 e. The molecule has 3 heteroatoms. The molecule has 2 bridgehead atoms. The monoisotopic (exact) mass is 252 g/mol. The predicted octanol–water partition coefficient (Wildman–Crippen LogP) is 3.31. The van der Waals surface area contributed by atoms with Gasteiger partial charge in [-0.3, -0.25) is 0 Å². The minimum atomic E-state index is -0.788. The molecule has 1 aromatic carbocycles. The fourth-order valence-corrected chi connectivity index (χ4v) is 4.09. The quantitative estimate of drug-likeness (QED) is 0.875. The van der Waals surface area contributed by atoms with Gasteiger partial charge in [-0.1, -0.05) is 18.6 Å². The van der Waals surface area contributed by atoms with Gasteiger partial charge >= 0.3 is 0 Å². The van der Waals surface area contributed by atoms with Crippen LogP contribution < -0.4 is 0 Å². The molecule has 2 aliphatic carbocycles. The highest BCUT2D eigenvalue weighted by molar-refractivity contribution is 5.22. The average Bonchev–Trinajstić information content (AvgIpc) is 2.96. The summed E-state index contributed by atoms with van der Waals surface area (Å²) in [5, 5.41) is 9.74. The van der Waals surface area contributed by atoms with E-state index >= 15 is 0 Å². The third kappa shape index (κ3) is 1.76. The van der Waals surface area contributed by atoms with Gasteiger partial charge in [0.2, 0.25) is 0 Å². The lowest BCUT2D eigenvalue weighted by Gasteiger charge is -2.36. The van der Waals surface area contributed by atoms with E-state index in [2.05, 4.69) is 0 Å². The topological polar surface area (TPSA) is 20.2 Å². The smallest absolute Gasteiger partial charge is 0.162 e. The van der Waals surface area contributed by atoms with E-state index in [1.54, 1.807) is 12.1 Å². The standard InChI is InChI=1S/C15H18F2O/c16-13-3-1-2-11(14(13)17)8-15(9-18)7-10-4-5-12(15)6-10/h1-3,10,12,18H,4-9H2. The van der Waals surface area contributed by atoms with Gasteiger partial charge in [-0.25, -0.2) is 8.78 Å². The molecule has 1 N–H and O–H groups in total. The first-order valence-electron chi connectivity index (χ1n) is 6.68. The van der Waals surface area contributed by atoms with Crippen molar-refractivity contribution in [2.75, 3.05) is 6.61 Å². The number of halogens is 2. The second-order valence-electron chi connectivity index (χ2n) is 5.99. The first-order valence-corrected chi connectivity index (χ1v) is 6.68. The van der Waals surface area contributed by atoms with Crippen molar-refractivity contribution in [2.24, 2.45) is 17.3 Å². The van der Waals surface area contributed by atoms with Crippen molar-refractivity contribution in [3.8, 4) is 0 Å². The molecule has 0 amide bonds. The highest BCUT2D eigenvalue weighted by Crippen LogP contribution is 2.57. The van der Waals surface area contributed by atoms with E-state index in [1.165, 1.54) is 6.42 Å². The minimum Gasteiger partial charge on any atom is -0.396 e. The number of aliphatic hydroxyl groups is 1.